The van der Waals surface area contributed by atoms with Crippen LogP contribution in [0.3, 0.4) is 0 Å². The van der Waals surface area contributed by atoms with E-state index in [4.69, 9.17) is 40.2 Å². The fraction of sp³-hybridized carbons (Fsp3) is 0.935. The summed E-state index contributed by atoms with van der Waals surface area (Å²) in [6.45, 7) is 3.29. The van der Waals surface area contributed by atoms with Crippen molar-refractivity contribution in [3.05, 3.63) is 0 Å². The van der Waals surface area contributed by atoms with E-state index in [0.29, 0.717) is 26.4 Å². The maximum atomic E-state index is 9.00. The maximum Gasteiger partial charge on any atom is 2.00 e. The van der Waals surface area contributed by atoms with Gasteiger partial charge in [0.05, 0.1) is 0 Å². The van der Waals surface area contributed by atoms with Crippen LogP contribution in [0.1, 0.15) is 123 Å². The summed E-state index contributed by atoms with van der Waals surface area (Å²) in [4.78, 5) is 17.8. The molecule has 0 aliphatic rings. The van der Waals surface area contributed by atoms with Gasteiger partial charge in [-0.1, -0.05) is 51.4 Å². The van der Waals surface area contributed by atoms with Crippen LogP contribution in [0, 0.1) is 0 Å². The van der Waals surface area contributed by atoms with Gasteiger partial charge in [-0.15, -0.1) is 15.8 Å². The first-order chi connectivity index (χ1) is 19.7. The number of aliphatic hydroxyl groups excluding tert-OH is 4. The molecule has 0 radical (unpaired) electrons. The smallest absolute Gasteiger partial charge is 0.550 e. The molecule has 0 aromatic rings. The summed E-state index contributed by atoms with van der Waals surface area (Å²) in [6.07, 6.45) is 29.0. The van der Waals surface area contributed by atoms with Gasteiger partial charge in [0, 0.05) is 38.4 Å². The van der Waals surface area contributed by atoms with Crippen LogP contribution in [0.15, 0.2) is 0 Å². The van der Waals surface area contributed by atoms with E-state index < -0.39 is 11.9 Å². The fourth-order valence-corrected chi connectivity index (χ4v) is 9.88. The summed E-state index contributed by atoms with van der Waals surface area (Å²) < 4.78 is 0. The van der Waals surface area contributed by atoms with Crippen molar-refractivity contribution in [2.45, 2.75) is 123 Å². The number of carboxylic acids is 2. The van der Waals surface area contributed by atoms with Gasteiger partial charge in [-0.2, -0.15) is 0 Å². The summed E-state index contributed by atoms with van der Waals surface area (Å²) in [5.74, 6) is -2.17. The number of aliphatic carboxylic acids is 2. The molecule has 0 aromatic carbocycles. The minimum atomic E-state index is -1.08. The molecule has 0 atom stereocenters. The van der Waals surface area contributed by atoms with Crippen molar-refractivity contribution >= 4 is 27.8 Å². The van der Waals surface area contributed by atoms with E-state index in [0.717, 1.165) is 39.5 Å². The van der Waals surface area contributed by atoms with Gasteiger partial charge in [-0.05, 0) is 109 Å². The number of hydrogen-bond donors (Lipinski definition) is 4. The summed E-state index contributed by atoms with van der Waals surface area (Å²) in [5, 5.41) is 53.8. The van der Waals surface area contributed by atoms with Gasteiger partial charge >= 0.3 is 20.4 Å². The minimum absolute atomic E-state index is 0. The number of carbonyl (C=O) groups excluding carboxylic acids is 2. The number of rotatable bonds is 28. The Bertz CT molecular complexity index is 453. The molecule has 42 heavy (non-hydrogen) atoms. The van der Waals surface area contributed by atoms with Gasteiger partial charge in [0.2, 0.25) is 0 Å². The summed E-state index contributed by atoms with van der Waals surface area (Å²) in [7, 11) is 0.310. The average molecular weight is 733 g/mol. The zero-order chi connectivity index (χ0) is 31.4. The van der Waals surface area contributed by atoms with Crippen LogP contribution in [0.2, 0.25) is 0 Å². The van der Waals surface area contributed by atoms with Gasteiger partial charge in [0.1, 0.15) is 0 Å². The topological polar surface area (TPSA) is 161 Å². The normalized spacial score (nSPS) is 10.5. The standard InChI is InChI=1S/C27H58O4P2.2C2H4O2.Pd/c28-18-9-1-5-13-22-32(23-14-6-2-10-19-29)26-17-27-33(24-15-7-3-11-20-30)25-16-8-4-12-21-31;2*1-2(3)4;/h28-31H,1-27H2;2*1H3,(H,3,4);/q;;;+2/p-2. The van der Waals surface area contributed by atoms with Crippen molar-refractivity contribution in [3.63, 3.8) is 0 Å². The molecule has 0 aliphatic carbocycles. The molecular weight excluding hydrogens is 669 g/mol. The van der Waals surface area contributed by atoms with Gasteiger partial charge in [0.15, 0.2) is 0 Å². The van der Waals surface area contributed by atoms with Gasteiger partial charge < -0.3 is 40.2 Å². The van der Waals surface area contributed by atoms with Crippen LogP contribution in [0.4, 0.5) is 0 Å². The van der Waals surface area contributed by atoms with E-state index in [1.54, 1.807) is 0 Å². The molecule has 0 rings (SSSR count). The van der Waals surface area contributed by atoms with E-state index >= 15 is 0 Å². The van der Waals surface area contributed by atoms with E-state index in [1.165, 1.54) is 120 Å². The third-order valence-corrected chi connectivity index (χ3v) is 12.2. The molecule has 256 valence electrons. The zero-order valence-corrected chi connectivity index (χ0v) is 30.1. The largest absolute Gasteiger partial charge is 2.00 e. The molecular formula is C31H64O8P2Pd. The van der Waals surface area contributed by atoms with Crippen LogP contribution < -0.4 is 10.2 Å². The van der Waals surface area contributed by atoms with Crippen LogP contribution >= 0.6 is 15.8 Å². The third kappa shape index (κ3) is 52.9. The Kier molecular flexibility index (Phi) is 50.9. The number of carboxylic acid groups (broad SMARTS) is 2. The quantitative estimate of drug-likeness (QED) is 0.0532. The van der Waals surface area contributed by atoms with Gasteiger partial charge in [-0.25, -0.2) is 0 Å². The monoisotopic (exact) mass is 732 g/mol. The molecule has 0 heterocycles. The Morgan fingerprint density at radius 1 is 0.405 bits per heavy atom. The Balaban J connectivity index is -0.000000706. The number of hydrogen-bond acceptors (Lipinski definition) is 8. The number of carbonyl (C=O) groups is 2. The molecule has 11 heteroatoms. The molecule has 0 fully saturated rings. The third-order valence-electron chi connectivity index (χ3n) is 6.48. The molecule has 0 saturated heterocycles. The van der Waals surface area contributed by atoms with Gasteiger partial charge in [0.25, 0.3) is 0 Å². The van der Waals surface area contributed by atoms with E-state index in [-0.39, 0.29) is 36.3 Å². The molecule has 0 amide bonds. The first-order valence-corrected chi connectivity index (χ1v) is 19.8. The van der Waals surface area contributed by atoms with Crippen molar-refractivity contribution < 1.29 is 60.7 Å². The predicted molar refractivity (Wildman–Crippen MR) is 171 cm³/mol. The van der Waals surface area contributed by atoms with Crippen LogP contribution in [-0.2, 0) is 30.0 Å². The molecule has 0 spiro atoms. The molecule has 0 unspecified atom stereocenters. The Morgan fingerprint density at radius 3 is 0.762 bits per heavy atom. The second kappa shape index (κ2) is 43.4. The molecule has 0 saturated carbocycles. The SMILES string of the molecule is CC(=O)[O-].CC(=O)[O-].OCCCCCCP(CCCCCCO)CCCP(CCCCCCO)CCCCCCO.[Pd+2]. The molecule has 8 nitrogen and oxygen atoms in total. The van der Waals surface area contributed by atoms with E-state index in [2.05, 4.69) is 0 Å². The molecule has 0 aliphatic heterocycles. The van der Waals surface area contributed by atoms with Crippen molar-refractivity contribution in [2.75, 3.05) is 63.4 Å². The Hall–Kier alpha value is 0.302. The van der Waals surface area contributed by atoms with Crippen LogP contribution in [0.5, 0.6) is 0 Å². The fourth-order valence-electron chi connectivity index (χ4n) is 4.39. The van der Waals surface area contributed by atoms with Crippen molar-refractivity contribution in [1.82, 2.24) is 0 Å². The van der Waals surface area contributed by atoms with Crippen LogP contribution in [0.25, 0.3) is 0 Å². The molecule has 4 N–H and O–H groups in total. The molecule has 0 aromatic heterocycles. The van der Waals surface area contributed by atoms with Crippen molar-refractivity contribution in [1.29, 1.82) is 0 Å². The first-order valence-electron chi connectivity index (χ1n) is 16.0. The number of unbranched alkanes of at least 4 members (excludes halogenated alkanes) is 12. The molecule has 0 bridgehead atoms. The number of aliphatic hydroxyl groups is 4. The second-order valence-corrected chi connectivity index (χ2v) is 15.9. The summed E-state index contributed by atoms with van der Waals surface area (Å²) >= 11 is 0. The zero-order valence-electron chi connectivity index (χ0n) is 26.7. The maximum absolute atomic E-state index is 9.00. The minimum Gasteiger partial charge on any atom is -0.550 e. The first kappa shape index (κ1) is 49.2. The summed E-state index contributed by atoms with van der Waals surface area (Å²) in [5.41, 5.74) is 0. The Morgan fingerprint density at radius 2 is 0.571 bits per heavy atom. The van der Waals surface area contributed by atoms with Gasteiger partial charge in [-0.3, -0.25) is 0 Å². The Labute approximate surface area is 274 Å². The van der Waals surface area contributed by atoms with Crippen molar-refractivity contribution in [3.8, 4) is 0 Å². The van der Waals surface area contributed by atoms with Crippen LogP contribution in [-0.4, -0.2) is 95.8 Å². The predicted octanol–water partition coefficient (Wildman–Crippen LogP) is 4.06. The second-order valence-electron chi connectivity index (χ2n) is 10.6. The van der Waals surface area contributed by atoms with E-state index in [1.807, 2.05) is 0 Å². The van der Waals surface area contributed by atoms with Crippen molar-refractivity contribution in [2.24, 2.45) is 0 Å². The summed E-state index contributed by atoms with van der Waals surface area (Å²) in [6, 6.07) is 0. The average Bonchev–Trinajstić information content (AvgIpc) is 2.91. The van der Waals surface area contributed by atoms with E-state index in [9.17, 15) is 0 Å².